The first-order chi connectivity index (χ1) is 8.15. The Balaban J connectivity index is 2.02. The van der Waals surface area contributed by atoms with Gasteiger partial charge >= 0.3 is 0 Å². The molecule has 0 aromatic rings. The van der Waals surface area contributed by atoms with Crippen molar-refractivity contribution in [1.82, 2.24) is 10.2 Å². The fourth-order valence-electron chi connectivity index (χ4n) is 3.41. The Morgan fingerprint density at radius 3 is 2.71 bits per heavy atom. The number of nitrogens with one attached hydrogen (secondary N) is 1. The number of hydrogen-bond acceptors (Lipinski definition) is 2. The molecule has 1 heterocycles. The van der Waals surface area contributed by atoms with Gasteiger partial charge in [0.2, 0.25) is 0 Å². The summed E-state index contributed by atoms with van der Waals surface area (Å²) < 4.78 is 0. The van der Waals surface area contributed by atoms with E-state index < -0.39 is 0 Å². The van der Waals surface area contributed by atoms with Crippen molar-refractivity contribution in [2.75, 3.05) is 19.6 Å². The molecule has 0 aromatic heterocycles. The number of halogens is 1. The smallest absolute Gasteiger partial charge is 0.0339 e. The molecule has 0 aromatic carbocycles. The monoisotopic (exact) mass is 256 g/mol. The van der Waals surface area contributed by atoms with E-state index in [1.165, 1.54) is 38.5 Å². The molecule has 0 amide bonds. The maximum Gasteiger partial charge on any atom is 0.0339 e. The minimum absolute atomic E-state index is 0.371. The van der Waals surface area contributed by atoms with Crippen molar-refractivity contribution in [2.24, 2.45) is 0 Å². The van der Waals surface area contributed by atoms with Crippen LogP contribution < -0.4 is 5.32 Å². The third kappa shape index (κ3) is 3.24. The van der Waals surface area contributed by atoms with Crippen LogP contribution in [0.5, 0.6) is 0 Å². The predicted molar refractivity (Wildman–Crippen MR) is 74.5 cm³/mol. The average Bonchev–Trinajstić information content (AvgIpc) is 2.30. The number of rotatable bonds is 3. The van der Waals surface area contributed by atoms with Gasteiger partial charge in [0.15, 0.2) is 0 Å². The molecule has 1 unspecified atom stereocenters. The predicted octanol–water partition coefficient (Wildman–Crippen LogP) is 3.13. The number of piperazine rings is 1. The van der Waals surface area contributed by atoms with Crippen molar-refractivity contribution in [3.63, 3.8) is 0 Å². The van der Waals surface area contributed by atoms with Gasteiger partial charge in [-0.25, -0.2) is 0 Å². The average molecular weight is 257 g/mol. The van der Waals surface area contributed by atoms with Gasteiger partial charge in [-0.15, -0.1) is 0 Å². The van der Waals surface area contributed by atoms with Crippen molar-refractivity contribution < 1.29 is 0 Å². The molecule has 1 saturated heterocycles. The molecule has 1 aliphatic heterocycles. The first-order valence-corrected chi connectivity index (χ1v) is 7.35. The molecule has 0 radical (unpaired) electrons. The van der Waals surface area contributed by atoms with Gasteiger partial charge in [-0.1, -0.05) is 44.4 Å². The van der Waals surface area contributed by atoms with E-state index in [9.17, 15) is 0 Å². The number of hydrogen-bond donors (Lipinski definition) is 1. The lowest BCUT2D eigenvalue weighted by molar-refractivity contribution is 0.0622. The highest BCUT2D eigenvalue weighted by molar-refractivity contribution is 6.29. The molecule has 3 heteroatoms. The fourth-order valence-corrected chi connectivity index (χ4v) is 3.56. The van der Waals surface area contributed by atoms with Gasteiger partial charge in [0.1, 0.15) is 0 Å². The maximum atomic E-state index is 6.00. The molecule has 2 nitrogen and oxygen atoms in total. The van der Waals surface area contributed by atoms with E-state index >= 15 is 0 Å². The summed E-state index contributed by atoms with van der Waals surface area (Å²) in [4.78, 5) is 2.54. The zero-order valence-corrected chi connectivity index (χ0v) is 11.7. The van der Waals surface area contributed by atoms with Crippen LogP contribution >= 0.6 is 11.6 Å². The largest absolute Gasteiger partial charge is 0.308 e. The zero-order valence-electron chi connectivity index (χ0n) is 11.0. The molecule has 1 atom stereocenters. The van der Waals surface area contributed by atoms with Crippen LogP contribution in [0.3, 0.4) is 0 Å². The van der Waals surface area contributed by atoms with Gasteiger partial charge in [0, 0.05) is 36.2 Å². The van der Waals surface area contributed by atoms with Crippen molar-refractivity contribution in [3.05, 3.63) is 11.6 Å². The molecular weight excluding hydrogens is 232 g/mol. The highest BCUT2D eigenvalue weighted by atomic mass is 35.5. The van der Waals surface area contributed by atoms with Crippen LogP contribution in [0.4, 0.5) is 0 Å². The van der Waals surface area contributed by atoms with Crippen LogP contribution in [0.2, 0.25) is 0 Å². The van der Waals surface area contributed by atoms with Crippen molar-refractivity contribution in [1.29, 1.82) is 0 Å². The Morgan fingerprint density at radius 1 is 1.41 bits per heavy atom. The second-order valence-corrected chi connectivity index (χ2v) is 6.24. The highest BCUT2D eigenvalue weighted by Crippen LogP contribution is 2.32. The van der Waals surface area contributed by atoms with Crippen LogP contribution in [0.25, 0.3) is 0 Å². The molecule has 1 saturated carbocycles. The Morgan fingerprint density at radius 2 is 2.12 bits per heavy atom. The zero-order chi connectivity index (χ0) is 12.3. The van der Waals surface area contributed by atoms with Crippen LogP contribution in [0.15, 0.2) is 11.6 Å². The quantitative estimate of drug-likeness (QED) is 0.835. The third-order valence-electron chi connectivity index (χ3n) is 4.39. The standard InChI is InChI=1S/C14H25ClN2/c1-3-13-9-16-14(7-5-4-6-8-14)11-17(13)10-12(2)15/h13,16H,2-11H2,1H3. The topological polar surface area (TPSA) is 15.3 Å². The second kappa shape index (κ2) is 5.73. The summed E-state index contributed by atoms with van der Waals surface area (Å²) in [6, 6.07) is 0.623. The van der Waals surface area contributed by atoms with E-state index in [0.717, 1.165) is 24.7 Å². The summed E-state index contributed by atoms with van der Waals surface area (Å²) in [6.07, 6.45) is 8.00. The third-order valence-corrected chi connectivity index (χ3v) is 4.51. The molecule has 1 spiro atoms. The maximum absolute atomic E-state index is 6.00. The highest BCUT2D eigenvalue weighted by Gasteiger charge is 2.39. The molecular formula is C14H25ClN2. The molecule has 0 bridgehead atoms. The molecule has 2 aliphatic rings. The summed E-state index contributed by atoms with van der Waals surface area (Å²) in [5.74, 6) is 0. The van der Waals surface area contributed by atoms with E-state index in [1.54, 1.807) is 0 Å². The minimum Gasteiger partial charge on any atom is -0.308 e. The second-order valence-electron chi connectivity index (χ2n) is 5.71. The van der Waals surface area contributed by atoms with E-state index in [2.05, 4.69) is 23.7 Å². The summed E-state index contributed by atoms with van der Waals surface area (Å²) in [5.41, 5.74) is 0.371. The summed E-state index contributed by atoms with van der Waals surface area (Å²) in [6.45, 7) is 9.23. The minimum atomic E-state index is 0.371. The Labute approximate surface area is 110 Å². The lowest BCUT2D eigenvalue weighted by Gasteiger charge is -2.49. The van der Waals surface area contributed by atoms with Crippen LogP contribution in [0, 0.1) is 0 Å². The van der Waals surface area contributed by atoms with Crippen molar-refractivity contribution >= 4 is 11.6 Å². The van der Waals surface area contributed by atoms with Crippen molar-refractivity contribution in [2.45, 2.75) is 57.0 Å². The van der Waals surface area contributed by atoms with Gasteiger partial charge in [0.25, 0.3) is 0 Å². The van der Waals surface area contributed by atoms with Gasteiger partial charge in [0.05, 0.1) is 0 Å². The molecule has 2 fully saturated rings. The first kappa shape index (κ1) is 13.4. The SMILES string of the molecule is C=C(Cl)CN1CC2(CCCCC2)NCC1CC. The Bertz CT molecular complexity index is 271. The lowest BCUT2D eigenvalue weighted by atomic mass is 9.79. The molecule has 1 aliphatic carbocycles. The molecule has 17 heavy (non-hydrogen) atoms. The van der Waals surface area contributed by atoms with Gasteiger partial charge in [-0.05, 0) is 19.3 Å². The van der Waals surface area contributed by atoms with Gasteiger partial charge in [-0.2, -0.15) is 0 Å². The van der Waals surface area contributed by atoms with E-state index in [0.29, 0.717) is 11.6 Å². The van der Waals surface area contributed by atoms with Crippen LogP contribution in [0.1, 0.15) is 45.4 Å². The number of nitrogens with zero attached hydrogens (tertiary/aromatic N) is 1. The van der Waals surface area contributed by atoms with Crippen molar-refractivity contribution in [3.8, 4) is 0 Å². The lowest BCUT2D eigenvalue weighted by Crippen LogP contribution is -2.64. The Kier molecular flexibility index (Phi) is 4.51. The summed E-state index contributed by atoms with van der Waals surface area (Å²) >= 11 is 6.00. The fraction of sp³-hybridized carbons (Fsp3) is 0.857. The molecule has 1 N–H and O–H groups in total. The summed E-state index contributed by atoms with van der Waals surface area (Å²) in [7, 11) is 0. The summed E-state index contributed by atoms with van der Waals surface area (Å²) in [5, 5.41) is 4.60. The van der Waals surface area contributed by atoms with E-state index in [1.807, 2.05) is 0 Å². The van der Waals surface area contributed by atoms with E-state index in [-0.39, 0.29) is 0 Å². The van der Waals surface area contributed by atoms with E-state index in [4.69, 9.17) is 11.6 Å². The Hall–Kier alpha value is -0.0500. The van der Waals surface area contributed by atoms with Gasteiger partial charge in [-0.3, -0.25) is 4.90 Å². The van der Waals surface area contributed by atoms with Crippen LogP contribution in [-0.4, -0.2) is 36.1 Å². The van der Waals surface area contributed by atoms with Gasteiger partial charge < -0.3 is 5.32 Å². The molecule has 98 valence electrons. The first-order valence-electron chi connectivity index (χ1n) is 6.97. The normalized spacial score (nSPS) is 29.4. The molecule has 2 rings (SSSR count). The van der Waals surface area contributed by atoms with Crippen LogP contribution in [-0.2, 0) is 0 Å².